The minimum atomic E-state index is -0.692. The van der Waals surface area contributed by atoms with Crippen LogP contribution in [0.2, 0.25) is 0 Å². The summed E-state index contributed by atoms with van der Waals surface area (Å²) < 4.78 is 0. The standard InChI is InChI=1S/C9H12N2O4/c12-5-3-8(14)11(4-5)6-1-2-7(13)10-9(6)15/h5-6,12H,1-4H2,(H,10,13,15). The Morgan fingerprint density at radius 2 is 2.07 bits per heavy atom. The van der Waals surface area contributed by atoms with E-state index in [1.54, 1.807) is 0 Å². The van der Waals surface area contributed by atoms with Crippen molar-refractivity contribution in [1.29, 1.82) is 0 Å². The molecule has 82 valence electrons. The number of imide groups is 1. The predicted molar refractivity (Wildman–Crippen MR) is 48.5 cm³/mol. The minimum Gasteiger partial charge on any atom is -0.391 e. The topological polar surface area (TPSA) is 86.7 Å². The van der Waals surface area contributed by atoms with Gasteiger partial charge in [0.25, 0.3) is 0 Å². The molecule has 2 atom stereocenters. The van der Waals surface area contributed by atoms with Gasteiger partial charge in [-0.15, -0.1) is 0 Å². The number of amides is 3. The van der Waals surface area contributed by atoms with Crippen molar-refractivity contribution < 1.29 is 19.5 Å². The molecule has 15 heavy (non-hydrogen) atoms. The molecule has 2 fully saturated rings. The van der Waals surface area contributed by atoms with E-state index in [2.05, 4.69) is 5.32 Å². The van der Waals surface area contributed by atoms with Gasteiger partial charge in [0.1, 0.15) is 6.04 Å². The van der Waals surface area contributed by atoms with Crippen LogP contribution in [0.1, 0.15) is 19.3 Å². The molecule has 2 aliphatic heterocycles. The highest BCUT2D eigenvalue weighted by Crippen LogP contribution is 2.19. The van der Waals surface area contributed by atoms with Crippen LogP contribution < -0.4 is 5.32 Å². The van der Waals surface area contributed by atoms with Gasteiger partial charge in [-0.2, -0.15) is 0 Å². The lowest BCUT2D eigenvalue weighted by Gasteiger charge is -2.29. The second-order valence-corrected chi connectivity index (χ2v) is 3.87. The lowest BCUT2D eigenvalue weighted by Crippen LogP contribution is -2.53. The van der Waals surface area contributed by atoms with Crippen molar-refractivity contribution in [2.24, 2.45) is 0 Å². The van der Waals surface area contributed by atoms with Gasteiger partial charge in [0.05, 0.1) is 12.5 Å². The largest absolute Gasteiger partial charge is 0.391 e. The van der Waals surface area contributed by atoms with Gasteiger partial charge in [0.2, 0.25) is 17.7 Å². The van der Waals surface area contributed by atoms with Crippen LogP contribution in [0, 0.1) is 0 Å². The number of likely N-dealkylation sites (tertiary alicyclic amines) is 1. The van der Waals surface area contributed by atoms with Gasteiger partial charge >= 0.3 is 0 Å². The number of β-amino-alcohol motifs (C(OH)–C–C–N with tert-alkyl or cyclic N) is 1. The number of carbonyl (C=O) groups is 3. The molecule has 0 aliphatic carbocycles. The Bertz CT molecular complexity index is 328. The summed E-state index contributed by atoms with van der Waals surface area (Å²) in [5.74, 6) is -0.964. The van der Waals surface area contributed by atoms with Crippen LogP contribution in [-0.2, 0) is 14.4 Å². The van der Waals surface area contributed by atoms with Crippen molar-refractivity contribution >= 4 is 17.7 Å². The van der Waals surface area contributed by atoms with Crippen LogP contribution in [-0.4, -0.2) is 46.4 Å². The van der Waals surface area contributed by atoms with Crippen LogP contribution in [0.25, 0.3) is 0 Å². The van der Waals surface area contributed by atoms with Gasteiger partial charge in [-0.05, 0) is 6.42 Å². The average Bonchev–Trinajstić information content (AvgIpc) is 2.45. The molecule has 3 amide bonds. The van der Waals surface area contributed by atoms with Gasteiger partial charge in [0, 0.05) is 13.0 Å². The van der Waals surface area contributed by atoms with Crippen LogP contribution in [0.4, 0.5) is 0 Å². The molecule has 2 unspecified atom stereocenters. The molecule has 6 nitrogen and oxygen atoms in total. The van der Waals surface area contributed by atoms with Gasteiger partial charge in [-0.1, -0.05) is 0 Å². The van der Waals surface area contributed by atoms with Crippen molar-refractivity contribution in [2.45, 2.75) is 31.4 Å². The highest BCUT2D eigenvalue weighted by Gasteiger charge is 2.39. The summed E-state index contributed by atoms with van der Waals surface area (Å²) in [4.78, 5) is 35.1. The van der Waals surface area contributed by atoms with Crippen molar-refractivity contribution in [1.82, 2.24) is 10.2 Å². The van der Waals surface area contributed by atoms with Crippen LogP contribution in [0.15, 0.2) is 0 Å². The maximum absolute atomic E-state index is 11.4. The Hall–Kier alpha value is -1.43. The van der Waals surface area contributed by atoms with Gasteiger partial charge in [-0.25, -0.2) is 0 Å². The molecule has 2 N–H and O–H groups in total. The minimum absolute atomic E-state index is 0.0672. The number of piperidine rings is 1. The third kappa shape index (κ3) is 1.85. The van der Waals surface area contributed by atoms with Crippen molar-refractivity contribution in [3.05, 3.63) is 0 Å². The van der Waals surface area contributed by atoms with Crippen LogP contribution >= 0.6 is 0 Å². The summed E-state index contributed by atoms with van der Waals surface area (Å²) in [6, 6.07) is -0.590. The summed E-state index contributed by atoms with van der Waals surface area (Å²) in [5.41, 5.74) is 0. The first-order valence-electron chi connectivity index (χ1n) is 4.89. The number of hydrogen-bond donors (Lipinski definition) is 2. The number of carbonyl (C=O) groups excluding carboxylic acids is 3. The Morgan fingerprint density at radius 1 is 1.33 bits per heavy atom. The molecule has 0 spiro atoms. The van der Waals surface area contributed by atoms with E-state index in [9.17, 15) is 19.5 Å². The predicted octanol–water partition coefficient (Wildman–Crippen LogP) is -1.62. The van der Waals surface area contributed by atoms with E-state index in [0.29, 0.717) is 6.42 Å². The lowest BCUT2D eigenvalue weighted by atomic mass is 10.1. The number of nitrogens with one attached hydrogen (secondary N) is 1. The average molecular weight is 212 g/mol. The van der Waals surface area contributed by atoms with Crippen LogP contribution in [0.3, 0.4) is 0 Å². The van der Waals surface area contributed by atoms with Crippen molar-refractivity contribution in [2.75, 3.05) is 6.54 Å². The Labute approximate surface area is 86.2 Å². The molecule has 0 saturated carbocycles. The van der Waals surface area contributed by atoms with Gasteiger partial charge in [0.15, 0.2) is 0 Å². The quantitative estimate of drug-likeness (QED) is 0.512. The second-order valence-electron chi connectivity index (χ2n) is 3.87. The van der Waals surface area contributed by atoms with E-state index < -0.39 is 18.1 Å². The fourth-order valence-electron chi connectivity index (χ4n) is 1.99. The van der Waals surface area contributed by atoms with E-state index in [1.165, 1.54) is 4.90 Å². The molecule has 2 rings (SSSR count). The Morgan fingerprint density at radius 3 is 2.60 bits per heavy atom. The van der Waals surface area contributed by atoms with Crippen LogP contribution in [0.5, 0.6) is 0 Å². The number of rotatable bonds is 1. The zero-order valence-electron chi connectivity index (χ0n) is 8.10. The number of hydrogen-bond acceptors (Lipinski definition) is 4. The van der Waals surface area contributed by atoms with Crippen molar-refractivity contribution in [3.63, 3.8) is 0 Å². The summed E-state index contributed by atoms with van der Waals surface area (Å²) in [5, 5.41) is 11.5. The first-order chi connectivity index (χ1) is 7.08. The molecule has 2 aliphatic rings. The van der Waals surface area contributed by atoms with Crippen molar-refractivity contribution in [3.8, 4) is 0 Å². The highest BCUT2D eigenvalue weighted by molar-refractivity contribution is 6.01. The monoisotopic (exact) mass is 212 g/mol. The normalized spacial score (nSPS) is 32.1. The summed E-state index contributed by atoms with van der Waals surface area (Å²) in [6.07, 6.45) is -0.0279. The number of aliphatic hydroxyl groups is 1. The molecule has 0 aromatic carbocycles. The maximum atomic E-state index is 11.4. The molecule has 0 aromatic rings. The summed E-state index contributed by atoms with van der Waals surface area (Å²) in [6.45, 7) is 0.186. The number of nitrogens with zero attached hydrogens (tertiary/aromatic N) is 1. The second kappa shape index (κ2) is 3.62. The van der Waals surface area contributed by atoms with Gasteiger partial charge < -0.3 is 10.0 Å². The smallest absolute Gasteiger partial charge is 0.249 e. The third-order valence-electron chi connectivity index (χ3n) is 2.72. The molecule has 0 bridgehead atoms. The van der Waals surface area contributed by atoms with E-state index in [4.69, 9.17) is 0 Å². The maximum Gasteiger partial charge on any atom is 0.249 e. The lowest BCUT2D eigenvalue weighted by molar-refractivity contribution is -0.143. The fourth-order valence-corrected chi connectivity index (χ4v) is 1.99. The Kier molecular flexibility index (Phi) is 2.44. The zero-order chi connectivity index (χ0) is 11.0. The van der Waals surface area contributed by atoms with E-state index in [0.717, 1.165) is 0 Å². The first kappa shape index (κ1) is 10.1. The molecule has 0 aromatic heterocycles. The molecular formula is C9H12N2O4. The van der Waals surface area contributed by atoms with E-state index in [1.807, 2.05) is 0 Å². The molecule has 6 heteroatoms. The molecule has 0 radical (unpaired) electrons. The van der Waals surface area contributed by atoms with E-state index in [-0.39, 0.29) is 31.2 Å². The van der Waals surface area contributed by atoms with E-state index >= 15 is 0 Å². The summed E-state index contributed by atoms with van der Waals surface area (Å²) in [7, 11) is 0. The molecule has 2 saturated heterocycles. The number of aliphatic hydroxyl groups excluding tert-OH is 1. The SMILES string of the molecule is O=C1CCC(N2CC(O)CC2=O)C(=O)N1. The Balaban J connectivity index is 2.07. The van der Waals surface area contributed by atoms with Gasteiger partial charge in [-0.3, -0.25) is 19.7 Å². The zero-order valence-corrected chi connectivity index (χ0v) is 8.10. The molecular weight excluding hydrogens is 200 g/mol. The molecule has 2 heterocycles. The first-order valence-corrected chi connectivity index (χ1v) is 4.89. The summed E-state index contributed by atoms with van der Waals surface area (Å²) >= 11 is 0. The fraction of sp³-hybridized carbons (Fsp3) is 0.667. The third-order valence-corrected chi connectivity index (χ3v) is 2.72. The highest BCUT2D eigenvalue weighted by atomic mass is 16.3.